The lowest BCUT2D eigenvalue weighted by molar-refractivity contribution is -0.139. The minimum atomic E-state index is -1.09. The van der Waals surface area contributed by atoms with E-state index in [-0.39, 0.29) is 16.7 Å². The summed E-state index contributed by atoms with van der Waals surface area (Å²) in [6.45, 7) is 1.89. The summed E-state index contributed by atoms with van der Waals surface area (Å²) < 4.78 is 10.3. The van der Waals surface area contributed by atoms with Crippen LogP contribution in [0.4, 0.5) is 5.69 Å². The highest BCUT2D eigenvalue weighted by Crippen LogP contribution is 2.35. The van der Waals surface area contributed by atoms with E-state index in [1.54, 1.807) is 36.3 Å². The summed E-state index contributed by atoms with van der Waals surface area (Å²) in [5.74, 6) is -0.233. The molecule has 30 heavy (non-hydrogen) atoms. The van der Waals surface area contributed by atoms with Crippen molar-refractivity contribution < 1.29 is 24.2 Å². The molecule has 1 aliphatic rings. The Balaban J connectivity index is 1.83. The third-order valence-corrected chi connectivity index (χ3v) is 5.41. The second kappa shape index (κ2) is 9.69. The van der Waals surface area contributed by atoms with Crippen LogP contribution in [0.15, 0.2) is 52.4 Å². The number of amidine groups is 1. The van der Waals surface area contributed by atoms with Crippen molar-refractivity contribution in [2.24, 2.45) is 4.99 Å². The van der Waals surface area contributed by atoms with Crippen molar-refractivity contribution in [1.82, 2.24) is 4.90 Å². The maximum atomic E-state index is 12.8. The van der Waals surface area contributed by atoms with E-state index in [4.69, 9.17) is 26.2 Å². The number of carboxylic acids is 1. The van der Waals surface area contributed by atoms with Gasteiger partial charge in [-0.1, -0.05) is 17.7 Å². The molecule has 1 N–H and O–H groups in total. The Morgan fingerprint density at radius 1 is 1.27 bits per heavy atom. The number of ether oxygens (including phenoxy) is 2. The molecular weight excluding hydrogens is 428 g/mol. The van der Waals surface area contributed by atoms with Crippen LogP contribution in [0.1, 0.15) is 12.5 Å². The van der Waals surface area contributed by atoms with E-state index in [1.165, 1.54) is 11.8 Å². The SMILES string of the molecule is CCN1C(=O)/C(=C/c2ccc(OCC(=O)O)c(Cl)c2)SC1=Nc1ccc(OC)cc1. The molecular formula is C21H19ClN2O5S. The molecule has 1 saturated heterocycles. The first-order chi connectivity index (χ1) is 14.4. The van der Waals surface area contributed by atoms with Crippen LogP contribution in [-0.2, 0) is 9.59 Å². The van der Waals surface area contributed by atoms with Crippen LogP contribution in [0.25, 0.3) is 6.08 Å². The molecule has 3 rings (SSSR count). The number of aliphatic imine (C=N–C) groups is 1. The van der Waals surface area contributed by atoms with Gasteiger partial charge in [-0.25, -0.2) is 9.79 Å². The van der Waals surface area contributed by atoms with Crippen LogP contribution in [0.2, 0.25) is 5.02 Å². The standard InChI is InChI=1S/C21H19ClN2O5S/c1-3-24-20(27)18(30-21(24)23-14-5-7-15(28-2)8-6-14)11-13-4-9-17(16(22)10-13)29-12-19(25)26/h4-11H,3,12H2,1-2H3,(H,25,26)/b18-11-,23-21?. The summed E-state index contributed by atoms with van der Waals surface area (Å²) >= 11 is 7.45. The topological polar surface area (TPSA) is 88.4 Å². The van der Waals surface area contributed by atoms with Crippen molar-refractivity contribution >= 4 is 52.2 Å². The largest absolute Gasteiger partial charge is 0.497 e. The molecule has 0 spiro atoms. The van der Waals surface area contributed by atoms with Gasteiger partial charge in [-0.05, 0) is 66.7 Å². The summed E-state index contributed by atoms with van der Waals surface area (Å²) in [6, 6.07) is 12.2. The highest BCUT2D eigenvalue weighted by atomic mass is 35.5. The van der Waals surface area contributed by atoms with Crippen molar-refractivity contribution in [1.29, 1.82) is 0 Å². The van der Waals surface area contributed by atoms with E-state index in [0.717, 1.165) is 5.75 Å². The summed E-state index contributed by atoms with van der Waals surface area (Å²) in [4.78, 5) is 30.1. The number of aliphatic carboxylic acids is 1. The highest BCUT2D eigenvalue weighted by molar-refractivity contribution is 8.18. The lowest BCUT2D eigenvalue weighted by atomic mass is 10.2. The summed E-state index contributed by atoms with van der Waals surface area (Å²) in [6.07, 6.45) is 1.72. The van der Waals surface area contributed by atoms with Gasteiger partial charge in [-0.2, -0.15) is 0 Å². The fourth-order valence-electron chi connectivity index (χ4n) is 2.65. The first kappa shape index (κ1) is 21.7. The predicted octanol–water partition coefficient (Wildman–Crippen LogP) is 4.44. The fourth-order valence-corrected chi connectivity index (χ4v) is 3.96. The van der Waals surface area contributed by atoms with Crippen LogP contribution in [0, 0.1) is 0 Å². The first-order valence-electron chi connectivity index (χ1n) is 8.99. The highest BCUT2D eigenvalue weighted by Gasteiger charge is 2.32. The second-order valence-corrected chi connectivity index (χ2v) is 7.54. The van der Waals surface area contributed by atoms with E-state index in [1.807, 2.05) is 31.2 Å². The number of halogens is 1. The van der Waals surface area contributed by atoms with E-state index in [0.29, 0.717) is 27.9 Å². The van der Waals surface area contributed by atoms with Crippen LogP contribution < -0.4 is 9.47 Å². The number of methoxy groups -OCH3 is 1. The Hall–Kier alpha value is -2.97. The van der Waals surface area contributed by atoms with Gasteiger partial charge in [0.25, 0.3) is 5.91 Å². The van der Waals surface area contributed by atoms with Gasteiger partial charge in [0.15, 0.2) is 11.8 Å². The number of carbonyl (C=O) groups excluding carboxylic acids is 1. The summed E-state index contributed by atoms with van der Waals surface area (Å²) in [5.41, 5.74) is 1.41. The van der Waals surface area contributed by atoms with Crippen LogP contribution >= 0.6 is 23.4 Å². The van der Waals surface area contributed by atoms with Crippen molar-refractivity contribution in [3.63, 3.8) is 0 Å². The molecule has 0 aromatic heterocycles. The Bertz CT molecular complexity index is 1020. The van der Waals surface area contributed by atoms with E-state index in [2.05, 4.69) is 4.99 Å². The summed E-state index contributed by atoms with van der Waals surface area (Å²) in [5, 5.41) is 9.56. The minimum Gasteiger partial charge on any atom is -0.497 e. The van der Waals surface area contributed by atoms with Gasteiger partial charge >= 0.3 is 5.97 Å². The number of benzene rings is 2. The average molecular weight is 447 g/mol. The monoisotopic (exact) mass is 446 g/mol. The van der Waals surface area contributed by atoms with Crippen molar-refractivity contribution in [3.05, 3.63) is 58.0 Å². The molecule has 0 bridgehead atoms. The van der Waals surface area contributed by atoms with Gasteiger partial charge in [0, 0.05) is 6.54 Å². The number of carbonyl (C=O) groups is 2. The Kier molecular flexibility index (Phi) is 7.02. The fraction of sp³-hybridized carbons (Fsp3) is 0.190. The number of rotatable bonds is 7. The van der Waals surface area contributed by atoms with Crippen molar-refractivity contribution in [2.75, 3.05) is 20.3 Å². The zero-order chi connectivity index (χ0) is 21.7. The van der Waals surface area contributed by atoms with Gasteiger partial charge in [-0.15, -0.1) is 0 Å². The van der Waals surface area contributed by atoms with Crippen molar-refractivity contribution in [2.45, 2.75) is 6.92 Å². The van der Waals surface area contributed by atoms with Crippen LogP contribution in [0.5, 0.6) is 11.5 Å². The second-order valence-electron chi connectivity index (χ2n) is 6.12. The van der Waals surface area contributed by atoms with Crippen molar-refractivity contribution in [3.8, 4) is 11.5 Å². The molecule has 0 aliphatic carbocycles. The third kappa shape index (κ3) is 5.14. The maximum absolute atomic E-state index is 12.8. The molecule has 7 nitrogen and oxygen atoms in total. The predicted molar refractivity (Wildman–Crippen MR) is 118 cm³/mol. The lowest BCUT2D eigenvalue weighted by Gasteiger charge is -2.12. The molecule has 156 valence electrons. The number of hydrogen-bond donors (Lipinski definition) is 1. The third-order valence-electron chi connectivity index (χ3n) is 4.11. The van der Waals surface area contributed by atoms with Gasteiger partial charge < -0.3 is 14.6 Å². The Labute approximate surface area is 183 Å². The number of likely N-dealkylation sites (N-methyl/N-ethyl adjacent to an activating group) is 1. The van der Waals surface area contributed by atoms with Gasteiger partial charge in [0.1, 0.15) is 11.5 Å². The normalized spacial score (nSPS) is 16.4. The molecule has 0 saturated carbocycles. The molecule has 1 aliphatic heterocycles. The van der Waals surface area contributed by atoms with Crippen LogP contribution in [-0.4, -0.2) is 47.3 Å². The zero-order valence-corrected chi connectivity index (χ0v) is 17.9. The quantitative estimate of drug-likeness (QED) is 0.633. The maximum Gasteiger partial charge on any atom is 0.341 e. The smallest absolute Gasteiger partial charge is 0.341 e. The molecule has 9 heteroatoms. The molecule has 2 aromatic carbocycles. The molecule has 0 atom stereocenters. The number of thioether (sulfide) groups is 1. The minimum absolute atomic E-state index is 0.142. The van der Waals surface area contributed by atoms with Gasteiger partial charge in [0.05, 0.1) is 22.7 Å². The van der Waals surface area contributed by atoms with E-state index < -0.39 is 12.6 Å². The Morgan fingerprint density at radius 2 is 2.00 bits per heavy atom. The molecule has 0 unspecified atom stereocenters. The number of carboxylic acid groups (broad SMARTS) is 1. The Morgan fingerprint density at radius 3 is 2.60 bits per heavy atom. The molecule has 0 radical (unpaired) electrons. The van der Waals surface area contributed by atoms with Gasteiger partial charge in [-0.3, -0.25) is 9.69 Å². The van der Waals surface area contributed by atoms with Crippen LogP contribution in [0.3, 0.4) is 0 Å². The van der Waals surface area contributed by atoms with E-state index in [9.17, 15) is 9.59 Å². The zero-order valence-electron chi connectivity index (χ0n) is 16.3. The first-order valence-corrected chi connectivity index (χ1v) is 10.2. The average Bonchev–Trinajstić information content (AvgIpc) is 3.01. The molecule has 1 fully saturated rings. The lowest BCUT2D eigenvalue weighted by Crippen LogP contribution is -2.28. The molecule has 2 aromatic rings. The number of hydrogen-bond acceptors (Lipinski definition) is 6. The molecule has 1 amide bonds. The molecule has 1 heterocycles. The summed E-state index contributed by atoms with van der Waals surface area (Å²) in [7, 11) is 1.60. The van der Waals surface area contributed by atoms with E-state index >= 15 is 0 Å². The number of nitrogens with zero attached hydrogens (tertiary/aromatic N) is 2. The van der Waals surface area contributed by atoms with Gasteiger partial charge in [0.2, 0.25) is 0 Å². The number of amides is 1.